The van der Waals surface area contributed by atoms with E-state index in [0.29, 0.717) is 5.92 Å². The average molecular weight is 167 g/mol. The molecule has 0 saturated heterocycles. The molecule has 0 radical (unpaired) electrons. The summed E-state index contributed by atoms with van der Waals surface area (Å²) in [6.07, 6.45) is 1.78. The Morgan fingerprint density at radius 1 is 1.20 bits per heavy atom. The Bertz CT molecular complexity index is 57.5. The predicted molar refractivity (Wildman–Crippen MR) is 40.7 cm³/mol. The Morgan fingerprint density at radius 2 is 1.30 bits per heavy atom. The van der Waals surface area contributed by atoms with E-state index < -0.39 is 0 Å². The largest absolute Gasteiger partial charge is 1.00 e. The second kappa shape index (κ2) is 12.9. The summed E-state index contributed by atoms with van der Waals surface area (Å²) in [4.78, 5) is 9.38. The van der Waals surface area contributed by atoms with Gasteiger partial charge in [-0.25, -0.2) is 0 Å². The molecule has 1 nitrogen and oxygen atoms in total. The van der Waals surface area contributed by atoms with Crippen molar-refractivity contribution >= 4 is 6.29 Å². The van der Waals surface area contributed by atoms with Crippen molar-refractivity contribution in [2.75, 3.05) is 0 Å². The first kappa shape index (κ1) is 17.4. The number of hydrogen-bond donors (Lipinski definition) is 0. The molecule has 56 valence electrons. The monoisotopic (exact) mass is 167 g/mol. The molecular weight excluding hydrogens is 151 g/mol. The van der Waals surface area contributed by atoms with E-state index in [9.17, 15) is 4.79 Å². The van der Waals surface area contributed by atoms with E-state index in [0.717, 1.165) is 0 Å². The maximum atomic E-state index is 9.38. The minimum Gasteiger partial charge on any atom is -0.542 e. The zero-order chi connectivity index (χ0) is 7.86. The van der Waals surface area contributed by atoms with Crippen LogP contribution >= 0.6 is 0 Å². The number of carbonyl (C=O) groups excluding carboxylic acids is 1. The summed E-state index contributed by atoms with van der Waals surface area (Å²) in [5, 5.41) is 0. The maximum Gasteiger partial charge on any atom is 1.00 e. The van der Waals surface area contributed by atoms with Gasteiger partial charge in [-0.2, -0.15) is 5.92 Å². The van der Waals surface area contributed by atoms with Crippen molar-refractivity contribution < 1.29 is 56.2 Å². The van der Waals surface area contributed by atoms with Crippen molar-refractivity contribution in [1.82, 2.24) is 0 Å². The molecule has 0 N–H and O–H groups in total. The third-order valence-corrected chi connectivity index (χ3v) is 0.236. The molecule has 0 atom stereocenters. The van der Waals surface area contributed by atoms with Crippen molar-refractivity contribution in [2.24, 2.45) is 11.8 Å². The van der Waals surface area contributed by atoms with Gasteiger partial charge >= 0.3 is 51.4 Å². The molecule has 0 aromatic rings. The fraction of sp³-hybridized carbons (Fsp3) is 0.750. The van der Waals surface area contributed by atoms with Gasteiger partial charge in [0.2, 0.25) is 0 Å². The van der Waals surface area contributed by atoms with Gasteiger partial charge in [-0.05, 0) is 0 Å². The summed E-state index contributed by atoms with van der Waals surface area (Å²) in [6.45, 7) is 11.3. The summed E-state index contributed by atoms with van der Waals surface area (Å²) in [5.41, 5.74) is 0. The van der Waals surface area contributed by atoms with Gasteiger partial charge in [-0.1, -0.05) is 27.7 Å². The van der Waals surface area contributed by atoms with Gasteiger partial charge in [0.15, 0.2) is 0 Å². The molecule has 0 fully saturated rings. The van der Waals surface area contributed by atoms with Gasteiger partial charge in [0.1, 0.15) is 0 Å². The third-order valence-electron chi connectivity index (χ3n) is 0.236. The Kier molecular flexibility index (Phi) is 22.5. The second-order valence-corrected chi connectivity index (χ2v) is 2.67. The van der Waals surface area contributed by atoms with Gasteiger partial charge in [-0.3, -0.25) is 6.29 Å². The normalized spacial score (nSPS) is 7.90. The molecule has 0 saturated carbocycles. The summed E-state index contributed by atoms with van der Waals surface area (Å²) < 4.78 is 0. The standard InChI is InChI=1S/C4H7O.C4H9.K/c1-4(2)3-5;1-4(2)3;/h4H,1-2H3;4H,1H2,2-3H3;/q2*-1;+1. The topological polar surface area (TPSA) is 17.1 Å². The van der Waals surface area contributed by atoms with Crippen molar-refractivity contribution in [3.05, 3.63) is 6.92 Å². The third kappa shape index (κ3) is 58.7. The van der Waals surface area contributed by atoms with E-state index >= 15 is 0 Å². The minimum atomic E-state index is 0. The SMILES string of the molecule is CC(C)[C-]=O.[CH2-]C(C)C.[K+]. The Labute approximate surface area is 107 Å². The molecule has 0 aromatic heterocycles. The van der Waals surface area contributed by atoms with Gasteiger partial charge in [0.25, 0.3) is 0 Å². The van der Waals surface area contributed by atoms with Gasteiger partial charge in [0, 0.05) is 0 Å². The zero-order valence-corrected chi connectivity index (χ0v) is 10.9. The van der Waals surface area contributed by atoms with E-state index in [1.165, 1.54) is 0 Å². The molecule has 0 amide bonds. The van der Waals surface area contributed by atoms with Crippen LogP contribution in [0.3, 0.4) is 0 Å². The van der Waals surface area contributed by atoms with Crippen LogP contribution in [-0.4, -0.2) is 6.29 Å². The molecular formula is C8H16KO-. The Morgan fingerprint density at radius 3 is 1.30 bits per heavy atom. The van der Waals surface area contributed by atoms with Crippen LogP contribution in [-0.2, 0) is 4.79 Å². The Hall–Kier alpha value is 1.31. The van der Waals surface area contributed by atoms with Crippen molar-refractivity contribution in [2.45, 2.75) is 27.7 Å². The van der Waals surface area contributed by atoms with Crippen LogP contribution in [0.5, 0.6) is 0 Å². The molecule has 0 unspecified atom stereocenters. The number of hydrogen-bond acceptors (Lipinski definition) is 1. The van der Waals surface area contributed by atoms with Crippen LogP contribution in [0.1, 0.15) is 27.7 Å². The molecule has 10 heavy (non-hydrogen) atoms. The van der Waals surface area contributed by atoms with Crippen LogP contribution < -0.4 is 51.4 Å². The molecule has 0 rings (SSSR count). The molecule has 0 bridgehead atoms. The van der Waals surface area contributed by atoms with Gasteiger partial charge in [-0.15, -0.1) is 5.92 Å². The molecule has 0 aromatic carbocycles. The van der Waals surface area contributed by atoms with Crippen LogP contribution in [0.2, 0.25) is 0 Å². The molecule has 0 aliphatic heterocycles. The van der Waals surface area contributed by atoms with Crippen LogP contribution in [0.4, 0.5) is 0 Å². The van der Waals surface area contributed by atoms with E-state index in [1.807, 2.05) is 0 Å². The van der Waals surface area contributed by atoms with Crippen LogP contribution in [0, 0.1) is 18.8 Å². The average Bonchev–Trinajstić information content (AvgIpc) is 1.65. The van der Waals surface area contributed by atoms with Crippen LogP contribution in [0.15, 0.2) is 0 Å². The van der Waals surface area contributed by atoms with Crippen molar-refractivity contribution in [3.63, 3.8) is 0 Å². The summed E-state index contributed by atoms with van der Waals surface area (Å²) in [6, 6.07) is 0. The fourth-order valence-corrected chi connectivity index (χ4v) is 0. The molecule has 0 heterocycles. The quantitative estimate of drug-likeness (QED) is 0.370. The zero-order valence-electron chi connectivity index (χ0n) is 7.77. The van der Waals surface area contributed by atoms with E-state index in [2.05, 4.69) is 20.8 Å². The van der Waals surface area contributed by atoms with Crippen molar-refractivity contribution in [3.8, 4) is 0 Å². The predicted octanol–water partition coefficient (Wildman–Crippen LogP) is -0.767. The first-order chi connectivity index (χ1) is 4.00. The second-order valence-electron chi connectivity index (χ2n) is 2.67. The van der Waals surface area contributed by atoms with Crippen LogP contribution in [0.25, 0.3) is 0 Å². The van der Waals surface area contributed by atoms with E-state index in [-0.39, 0.29) is 57.3 Å². The van der Waals surface area contributed by atoms with Crippen molar-refractivity contribution in [1.29, 1.82) is 0 Å². The summed E-state index contributed by atoms with van der Waals surface area (Å²) >= 11 is 0. The summed E-state index contributed by atoms with van der Waals surface area (Å²) in [5.74, 6) is 0.662. The molecule has 2 heteroatoms. The minimum absolute atomic E-state index is 0. The van der Waals surface area contributed by atoms with E-state index in [4.69, 9.17) is 0 Å². The fourth-order valence-electron chi connectivity index (χ4n) is 0. The smallest absolute Gasteiger partial charge is 0.542 e. The molecule has 0 aliphatic carbocycles. The molecule has 0 aliphatic rings. The Balaban J connectivity index is -0.0000000910. The van der Waals surface area contributed by atoms with Gasteiger partial charge in [0.05, 0.1) is 0 Å². The molecule has 0 spiro atoms. The first-order valence-electron chi connectivity index (χ1n) is 3.21. The maximum absolute atomic E-state index is 9.38. The first-order valence-corrected chi connectivity index (χ1v) is 3.21. The summed E-state index contributed by atoms with van der Waals surface area (Å²) in [7, 11) is 0. The van der Waals surface area contributed by atoms with E-state index in [1.54, 1.807) is 20.1 Å². The van der Waals surface area contributed by atoms with Gasteiger partial charge < -0.3 is 11.7 Å². The number of rotatable bonds is 1.